The van der Waals surface area contributed by atoms with Crippen LogP contribution in [0.15, 0.2) is 72.9 Å². The van der Waals surface area contributed by atoms with Gasteiger partial charge < -0.3 is 14.6 Å². The van der Waals surface area contributed by atoms with Gasteiger partial charge in [0.25, 0.3) is 0 Å². The number of carbonyl (C=O) groups excluding carboxylic acids is 2. The number of esters is 2. The summed E-state index contributed by atoms with van der Waals surface area (Å²) in [6.07, 6.45) is 70.1. The lowest BCUT2D eigenvalue weighted by molar-refractivity contribution is -0.161. The summed E-state index contributed by atoms with van der Waals surface area (Å²) in [6, 6.07) is 0. The minimum atomic E-state index is -0.776. The molecule has 0 radical (unpaired) electrons. The van der Waals surface area contributed by atoms with Gasteiger partial charge in [0.1, 0.15) is 6.61 Å². The van der Waals surface area contributed by atoms with Crippen molar-refractivity contribution in [3.8, 4) is 0 Å². The Morgan fingerprint density at radius 1 is 0.393 bits per heavy atom. The van der Waals surface area contributed by atoms with Crippen molar-refractivity contribution >= 4 is 11.9 Å². The zero-order chi connectivity index (χ0) is 44.2. The van der Waals surface area contributed by atoms with Gasteiger partial charge in [0, 0.05) is 12.8 Å². The molecule has 61 heavy (non-hydrogen) atoms. The summed E-state index contributed by atoms with van der Waals surface area (Å²) in [6.45, 7) is 4.02. The highest BCUT2D eigenvalue weighted by molar-refractivity contribution is 5.70. The zero-order valence-corrected chi connectivity index (χ0v) is 40.2. The molecule has 5 heteroatoms. The Hall–Kier alpha value is -2.66. The van der Waals surface area contributed by atoms with Crippen LogP contribution in [0.5, 0.6) is 0 Å². The number of hydrogen-bond donors (Lipinski definition) is 1. The van der Waals surface area contributed by atoms with Crippen molar-refractivity contribution in [3.05, 3.63) is 72.9 Å². The molecule has 1 N–H and O–H groups in total. The third-order valence-electron chi connectivity index (χ3n) is 11.2. The molecule has 0 aromatic carbocycles. The standard InChI is InChI=1S/C56H98O5/c1-3-5-7-9-11-13-15-17-19-20-21-22-23-24-25-26-27-28-29-30-31-32-33-34-35-36-37-39-41-43-45-47-49-51-56(59)61-54(52-57)53-60-55(58)50-48-46-44-42-40-38-18-16-14-12-10-8-6-4-2/h5,7,11,13,16-19,21-22,24-25,54,57H,3-4,6,8-10,12,14-15,20,23,26-53H2,1-2H3/b7-5-,13-11-,18-16-,19-17-,22-21-,25-24-. The van der Waals surface area contributed by atoms with E-state index in [4.69, 9.17) is 9.47 Å². The van der Waals surface area contributed by atoms with E-state index in [0.29, 0.717) is 12.8 Å². The molecule has 0 saturated carbocycles. The van der Waals surface area contributed by atoms with Crippen molar-refractivity contribution in [2.24, 2.45) is 0 Å². The van der Waals surface area contributed by atoms with Gasteiger partial charge in [0.2, 0.25) is 0 Å². The van der Waals surface area contributed by atoms with Crippen LogP contribution in [-0.2, 0) is 19.1 Å². The van der Waals surface area contributed by atoms with Crippen molar-refractivity contribution < 1.29 is 24.2 Å². The van der Waals surface area contributed by atoms with Gasteiger partial charge in [-0.1, -0.05) is 228 Å². The molecule has 0 saturated heterocycles. The van der Waals surface area contributed by atoms with E-state index in [2.05, 4.69) is 86.8 Å². The second-order valence-corrected chi connectivity index (χ2v) is 17.2. The average molecular weight is 851 g/mol. The third kappa shape index (κ3) is 49.9. The van der Waals surface area contributed by atoms with Crippen LogP contribution in [0.25, 0.3) is 0 Å². The van der Waals surface area contributed by atoms with Gasteiger partial charge in [-0.3, -0.25) is 9.59 Å². The Balaban J connectivity index is 3.47. The number of hydrogen-bond acceptors (Lipinski definition) is 5. The van der Waals surface area contributed by atoms with E-state index >= 15 is 0 Å². The van der Waals surface area contributed by atoms with Crippen molar-refractivity contribution in [1.29, 1.82) is 0 Å². The number of rotatable bonds is 47. The molecule has 0 aromatic rings. The summed E-state index contributed by atoms with van der Waals surface area (Å²) in [5.41, 5.74) is 0. The van der Waals surface area contributed by atoms with Crippen LogP contribution < -0.4 is 0 Å². The molecule has 0 amide bonds. The van der Waals surface area contributed by atoms with E-state index < -0.39 is 6.10 Å². The van der Waals surface area contributed by atoms with Crippen molar-refractivity contribution in [1.82, 2.24) is 0 Å². The molecule has 0 aliphatic rings. The first-order valence-electron chi connectivity index (χ1n) is 26.0. The maximum Gasteiger partial charge on any atom is 0.306 e. The maximum atomic E-state index is 12.3. The number of unbranched alkanes of at least 4 members (excludes halogenated alkanes) is 27. The lowest BCUT2D eigenvalue weighted by atomic mass is 10.0. The molecular formula is C56H98O5. The van der Waals surface area contributed by atoms with Crippen molar-refractivity contribution in [3.63, 3.8) is 0 Å². The number of aliphatic hydroxyl groups is 1. The van der Waals surface area contributed by atoms with Crippen molar-refractivity contribution in [2.45, 2.75) is 258 Å². The highest BCUT2D eigenvalue weighted by Gasteiger charge is 2.16. The van der Waals surface area contributed by atoms with Crippen LogP contribution in [0, 0.1) is 0 Å². The Bertz CT molecular complexity index is 1100. The fraction of sp³-hybridized carbons (Fsp3) is 0.750. The summed E-state index contributed by atoms with van der Waals surface area (Å²) < 4.78 is 10.7. The minimum Gasteiger partial charge on any atom is -0.462 e. The van der Waals surface area contributed by atoms with Crippen molar-refractivity contribution in [2.75, 3.05) is 13.2 Å². The summed E-state index contributed by atoms with van der Waals surface area (Å²) in [7, 11) is 0. The SMILES string of the molecule is CC/C=C\C/C=C\C/C=C\C/C=C\C/C=C\CCCCCCCCCCCCCCCCCCCC(=O)OC(CO)COC(=O)CCCCCCC/C=C\CCCCCCC. The second-order valence-electron chi connectivity index (χ2n) is 17.2. The molecular weight excluding hydrogens is 753 g/mol. The lowest BCUT2D eigenvalue weighted by Crippen LogP contribution is -2.28. The number of allylic oxidation sites excluding steroid dienone is 12. The Labute approximate surface area is 378 Å². The number of carbonyl (C=O) groups is 2. The van der Waals surface area contributed by atoms with E-state index in [-0.39, 0.29) is 25.2 Å². The molecule has 352 valence electrons. The molecule has 0 bridgehead atoms. The highest BCUT2D eigenvalue weighted by Crippen LogP contribution is 2.16. The first kappa shape index (κ1) is 58.3. The Kier molecular flexibility index (Phi) is 49.4. The molecule has 0 fully saturated rings. The smallest absolute Gasteiger partial charge is 0.306 e. The Morgan fingerprint density at radius 3 is 1.08 bits per heavy atom. The van der Waals surface area contributed by atoms with Gasteiger partial charge in [0.05, 0.1) is 6.61 Å². The Morgan fingerprint density at radius 2 is 0.705 bits per heavy atom. The largest absolute Gasteiger partial charge is 0.462 e. The molecule has 0 rings (SSSR count). The summed E-state index contributed by atoms with van der Waals surface area (Å²) >= 11 is 0. The number of ether oxygens (including phenoxy) is 2. The maximum absolute atomic E-state index is 12.3. The van der Waals surface area contributed by atoms with E-state index in [1.807, 2.05) is 0 Å². The quantitative estimate of drug-likeness (QED) is 0.0375. The molecule has 0 aromatic heterocycles. The fourth-order valence-corrected chi connectivity index (χ4v) is 7.34. The molecule has 0 heterocycles. The predicted octanol–water partition coefficient (Wildman–Crippen LogP) is 17.2. The summed E-state index contributed by atoms with van der Waals surface area (Å²) in [5.74, 6) is -0.595. The molecule has 1 unspecified atom stereocenters. The zero-order valence-electron chi connectivity index (χ0n) is 40.2. The van der Waals surface area contributed by atoms with E-state index in [1.54, 1.807) is 0 Å². The monoisotopic (exact) mass is 851 g/mol. The predicted molar refractivity (Wildman–Crippen MR) is 265 cm³/mol. The van der Waals surface area contributed by atoms with Gasteiger partial charge in [-0.15, -0.1) is 0 Å². The van der Waals surface area contributed by atoms with Crippen LogP contribution in [0.4, 0.5) is 0 Å². The fourth-order valence-electron chi connectivity index (χ4n) is 7.34. The van der Waals surface area contributed by atoms with Gasteiger partial charge in [-0.2, -0.15) is 0 Å². The van der Waals surface area contributed by atoms with Crippen LogP contribution in [0.1, 0.15) is 251 Å². The van der Waals surface area contributed by atoms with Crippen LogP contribution >= 0.6 is 0 Å². The molecule has 0 spiro atoms. The first-order valence-corrected chi connectivity index (χ1v) is 26.0. The molecule has 1 atom stereocenters. The van der Waals surface area contributed by atoms with Crippen LogP contribution in [0.3, 0.4) is 0 Å². The average Bonchev–Trinajstić information content (AvgIpc) is 3.26. The van der Waals surface area contributed by atoms with Gasteiger partial charge in [0.15, 0.2) is 6.10 Å². The normalized spacial score (nSPS) is 12.8. The highest BCUT2D eigenvalue weighted by atomic mass is 16.6. The summed E-state index contributed by atoms with van der Waals surface area (Å²) in [4.78, 5) is 24.4. The topological polar surface area (TPSA) is 72.8 Å². The van der Waals surface area contributed by atoms with Gasteiger partial charge in [-0.25, -0.2) is 0 Å². The van der Waals surface area contributed by atoms with E-state index in [0.717, 1.165) is 77.0 Å². The van der Waals surface area contributed by atoms with Gasteiger partial charge in [-0.05, 0) is 83.5 Å². The van der Waals surface area contributed by atoms with Gasteiger partial charge >= 0.3 is 11.9 Å². The second kappa shape index (κ2) is 51.7. The summed E-state index contributed by atoms with van der Waals surface area (Å²) in [5, 5.41) is 9.61. The van der Waals surface area contributed by atoms with E-state index in [9.17, 15) is 14.7 Å². The number of aliphatic hydroxyl groups excluding tert-OH is 1. The minimum absolute atomic E-state index is 0.0695. The van der Waals surface area contributed by atoms with Crippen LogP contribution in [0.2, 0.25) is 0 Å². The molecule has 0 aliphatic heterocycles. The van der Waals surface area contributed by atoms with E-state index in [1.165, 1.54) is 148 Å². The lowest BCUT2D eigenvalue weighted by Gasteiger charge is -2.15. The van der Waals surface area contributed by atoms with Crippen LogP contribution in [-0.4, -0.2) is 36.4 Å². The third-order valence-corrected chi connectivity index (χ3v) is 11.2. The first-order chi connectivity index (χ1) is 30.1. The molecule has 5 nitrogen and oxygen atoms in total. The molecule has 0 aliphatic carbocycles.